The van der Waals surface area contributed by atoms with E-state index >= 15 is 0 Å². The van der Waals surface area contributed by atoms with Gasteiger partial charge in [0.05, 0.1) is 18.2 Å². The normalized spacial score (nSPS) is 11.9. The first kappa shape index (κ1) is 23.6. The van der Waals surface area contributed by atoms with E-state index in [1.165, 1.54) is 0 Å². The second kappa shape index (κ2) is 9.18. The SMILES string of the molecule is Cc1c(CC(=O)NCCCCCC(=O)[O-])c(=O)oc2c(C)c3occ(C(C)(C)C)c3cc12. The molecule has 7 heteroatoms. The highest BCUT2D eigenvalue weighted by Gasteiger charge is 2.24. The zero-order valence-electron chi connectivity index (χ0n) is 19.3. The van der Waals surface area contributed by atoms with Gasteiger partial charge >= 0.3 is 5.63 Å². The van der Waals surface area contributed by atoms with Crippen molar-refractivity contribution in [2.75, 3.05) is 6.54 Å². The van der Waals surface area contributed by atoms with Gasteiger partial charge in [0.2, 0.25) is 5.91 Å². The third-order valence-corrected chi connectivity index (χ3v) is 5.87. The standard InChI is InChI=1S/C25H31NO6/c1-14-16-11-18-19(25(3,4)5)13-31-22(18)15(2)23(16)32-24(30)17(14)12-20(27)26-10-8-6-7-9-21(28)29/h11,13H,6-10,12H2,1-5H3,(H,26,27)(H,28,29)/p-1. The summed E-state index contributed by atoms with van der Waals surface area (Å²) in [5.74, 6) is -1.33. The molecule has 0 bridgehead atoms. The van der Waals surface area contributed by atoms with Crippen LogP contribution in [0.25, 0.3) is 21.9 Å². The van der Waals surface area contributed by atoms with Gasteiger partial charge in [-0.1, -0.05) is 27.2 Å². The molecule has 0 radical (unpaired) electrons. The van der Waals surface area contributed by atoms with E-state index in [9.17, 15) is 19.5 Å². The second-order valence-corrected chi connectivity index (χ2v) is 9.36. The minimum absolute atomic E-state index is 0.0194. The van der Waals surface area contributed by atoms with E-state index < -0.39 is 11.6 Å². The van der Waals surface area contributed by atoms with Crippen molar-refractivity contribution in [3.8, 4) is 0 Å². The van der Waals surface area contributed by atoms with Gasteiger partial charge in [-0.25, -0.2) is 4.79 Å². The van der Waals surface area contributed by atoms with Crippen molar-refractivity contribution < 1.29 is 23.5 Å². The van der Waals surface area contributed by atoms with E-state index in [2.05, 4.69) is 26.1 Å². The van der Waals surface area contributed by atoms with Crippen LogP contribution in [0.5, 0.6) is 0 Å². The molecular weight excluding hydrogens is 410 g/mol. The van der Waals surface area contributed by atoms with E-state index in [0.717, 1.165) is 27.5 Å². The summed E-state index contributed by atoms with van der Waals surface area (Å²) in [7, 11) is 0. The fraction of sp³-hybridized carbons (Fsp3) is 0.480. The highest BCUT2D eigenvalue weighted by Crippen LogP contribution is 2.37. The highest BCUT2D eigenvalue weighted by molar-refractivity contribution is 6.00. The molecule has 172 valence electrons. The molecule has 0 atom stereocenters. The third-order valence-electron chi connectivity index (χ3n) is 5.87. The maximum absolute atomic E-state index is 12.7. The van der Waals surface area contributed by atoms with Gasteiger partial charge < -0.3 is 24.1 Å². The van der Waals surface area contributed by atoms with Crippen LogP contribution in [0.2, 0.25) is 0 Å². The maximum Gasteiger partial charge on any atom is 0.340 e. The number of carbonyl (C=O) groups is 2. The van der Waals surface area contributed by atoms with Crippen molar-refractivity contribution in [1.29, 1.82) is 0 Å². The molecule has 3 aromatic rings. The molecule has 3 rings (SSSR count). The molecule has 32 heavy (non-hydrogen) atoms. The summed E-state index contributed by atoms with van der Waals surface area (Å²) in [5, 5.41) is 15.0. The lowest BCUT2D eigenvalue weighted by Gasteiger charge is -2.17. The largest absolute Gasteiger partial charge is 0.550 e. The quantitative estimate of drug-likeness (QED) is 0.424. The zero-order chi connectivity index (χ0) is 23.6. The topological polar surface area (TPSA) is 113 Å². The van der Waals surface area contributed by atoms with Crippen molar-refractivity contribution >= 4 is 33.8 Å². The van der Waals surface area contributed by atoms with Crippen LogP contribution < -0.4 is 16.0 Å². The number of fused-ring (bicyclic) bond motifs is 2. The average Bonchev–Trinajstić information content (AvgIpc) is 3.13. The van der Waals surface area contributed by atoms with E-state index in [-0.39, 0.29) is 24.2 Å². The molecule has 1 aromatic carbocycles. The molecule has 0 fully saturated rings. The predicted molar refractivity (Wildman–Crippen MR) is 121 cm³/mol. The zero-order valence-corrected chi connectivity index (χ0v) is 19.3. The lowest BCUT2D eigenvalue weighted by atomic mass is 9.86. The van der Waals surface area contributed by atoms with Crippen molar-refractivity contribution in [2.45, 2.75) is 72.1 Å². The minimum atomic E-state index is -1.06. The first-order chi connectivity index (χ1) is 15.0. The lowest BCUT2D eigenvalue weighted by Crippen LogP contribution is -2.28. The summed E-state index contributed by atoms with van der Waals surface area (Å²) in [6, 6.07) is 1.98. The molecule has 1 amide bonds. The average molecular weight is 441 g/mol. The summed E-state index contributed by atoms with van der Waals surface area (Å²) < 4.78 is 11.4. The number of unbranched alkanes of at least 4 members (excludes halogenated alkanes) is 2. The smallest absolute Gasteiger partial charge is 0.340 e. The fourth-order valence-corrected chi connectivity index (χ4v) is 4.00. The summed E-state index contributed by atoms with van der Waals surface area (Å²) >= 11 is 0. The molecule has 0 aliphatic rings. The van der Waals surface area contributed by atoms with Gasteiger partial charge in [-0.15, -0.1) is 0 Å². The number of amides is 1. The number of hydrogen-bond donors (Lipinski definition) is 1. The van der Waals surface area contributed by atoms with Crippen LogP contribution in [0.1, 0.15) is 68.7 Å². The van der Waals surface area contributed by atoms with Gasteiger partial charge in [0.1, 0.15) is 11.2 Å². The fourth-order valence-electron chi connectivity index (χ4n) is 4.00. The van der Waals surface area contributed by atoms with Crippen molar-refractivity contribution in [3.63, 3.8) is 0 Å². The van der Waals surface area contributed by atoms with Crippen LogP contribution in [0, 0.1) is 13.8 Å². The Bertz CT molecular complexity index is 1230. The van der Waals surface area contributed by atoms with Crippen LogP contribution >= 0.6 is 0 Å². The molecular formula is C25H30NO6-. The van der Waals surface area contributed by atoms with E-state index in [1.807, 2.05) is 19.9 Å². The second-order valence-electron chi connectivity index (χ2n) is 9.36. The number of carboxylic acid groups (broad SMARTS) is 1. The Kier molecular flexibility index (Phi) is 6.77. The van der Waals surface area contributed by atoms with Crippen molar-refractivity contribution in [2.24, 2.45) is 0 Å². The molecule has 0 aliphatic heterocycles. The Morgan fingerprint density at radius 3 is 2.41 bits per heavy atom. The lowest BCUT2D eigenvalue weighted by molar-refractivity contribution is -0.305. The summed E-state index contributed by atoms with van der Waals surface area (Å²) in [6.07, 6.45) is 3.57. The predicted octanol–water partition coefficient (Wildman–Crippen LogP) is 3.42. The number of carboxylic acids is 1. The van der Waals surface area contributed by atoms with Crippen LogP contribution in [0.3, 0.4) is 0 Å². The van der Waals surface area contributed by atoms with Crippen LogP contribution in [-0.2, 0) is 21.4 Å². The Labute approximate surface area is 186 Å². The Hall–Kier alpha value is -3.09. The van der Waals surface area contributed by atoms with E-state index in [4.69, 9.17) is 8.83 Å². The highest BCUT2D eigenvalue weighted by atomic mass is 16.4. The van der Waals surface area contributed by atoms with Crippen LogP contribution in [-0.4, -0.2) is 18.4 Å². The number of rotatable bonds is 8. The first-order valence-corrected chi connectivity index (χ1v) is 10.9. The van der Waals surface area contributed by atoms with E-state index in [0.29, 0.717) is 42.5 Å². The minimum Gasteiger partial charge on any atom is -0.550 e. The monoisotopic (exact) mass is 440 g/mol. The van der Waals surface area contributed by atoms with Gasteiger partial charge in [-0.2, -0.15) is 0 Å². The number of hydrogen-bond acceptors (Lipinski definition) is 6. The van der Waals surface area contributed by atoms with Gasteiger partial charge in [0.15, 0.2) is 0 Å². The Morgan fingerprint density at radius 1 is 1.03 bits per heavy atom. The molecule has 2 aromatic heterocycles. The summed E-state index contributed by atoms with van der Waals surface area (Å²) in [6.45, 7) is 10.5. The number of benzene rings is 1. The van der Waals surface area contributed by atoms with Crippen molar-refractivity contribution in [3.05, 3.63) is 45.0 Å². The number of aliphatic carboxylic acids is 1. The number of aryl methyl sites for hydroxylation is 2. The number of furan rings is 1. The molecule has 0 saturated carbocycles. The molecule has 7 nitrogen and oxygen atoms in total. The Balaban J connectivity index is 1.85. The molecule has 0 unspecified atom stereocenters. The van der Waals surface area contributed by atoms with Crippen LogP contribution in [0.4, 0.5) is 0 Å². The molecule has 0 spiro atoms. The molecule has 2 heterocycles. The molecule has 0 aliphatic carbocycles. The molecule has 1 N–H and O–H groups in total. The van der Waals surface area contributed by atoms with Gasteiger partial charge in [0, 0.05) is 34.4 Å². The third kappa shape index (κ3) is 4.87. The van der Waals surface area contributed by atoms with Gasteiger partial charge in [0.25, 0.3) is 0 Å². The van der Waals surface area contributed by atoms with Crippen molar-refractivity contribution in [1.82, 2.24) is 5.32 Å². The van der Waals surface area contributed by atoms with Gasteiger partial charge in [-0.05, 0) is 50.2 Å². The number of carbonyl (C=O) groups excluding carboxylic acids is 2. The number of nitrogens with one attached hydrogen (secondary N) is 1. The first-order valence-electron chi connectivity index (χ1n) is 10.9. The van der Waals surface area contributed by atoms with E-state index in [1.54, 1.807) is 6.26 Å². The molecule has 0 saturated heterocycles. The summed E-state index contributed by atoms with van der Waals surface area (Å²) in [5.41, 5.74) is 3.45. The van der Waals surface area contributed by atoms with Gasteiger partial charge in [-0.3, -0.25) is 4.79 Å². The maximum atomic E-state index is 12.7. The van der Waals surface area contributed by atoms with Crippen LogP contribution in [0.15, 0.2) is 26.0 Å². The summed E-state index contributed by atoms with van der Waals surface area (Å²) in [4.78, 5) is 35.5. The Morgan fingerprint density at radius 2 is 1.75 bits per heavy atom.